The summed E-state index contributed by atoms with van der Waals surface area (Å²) in [6.45, 7) is 7.83. The predicted octanol–water partition coefficient (Wildman–Crippen LogP) is 2.91. The third kappa shape index (κ3) is 2.23. The molecule has 2 saturated carbocycles. The van der Waals surface area contributed by atoms with E-state index in [-0.39, 0.29) is 17.6 Å². The molecule has 0 spiro atoms. The van der Waals surface area contributed by atoms with Gasteiger partial charge in [-0.2, -0.15) is 0 Å². The second kappa shape index (κ2) is 5.66. The normalized spacial score (nSPS) is 32.5. The topological polar surface area (TPSA) is 75.3 Å². The van der Waals surface area contributed by atoms with Crippen LogP contribution in [0.4, 0.5) is 0 Å². The van der Waals surface area contributed by atoms with E-state index in [1.165, 1.54) is 0 Å². The lowest BCUT2D eigenvalue weighted by molar-refractivity contribution is -0.136. The van der Waals surface area contributed by atoms with Crippen molar-refractivity contribution in [1.29, 1.82) is 0 Å². The first kappa shape index (κ1) is 18.1. The molecule has 25 heavy (non-hydrogen) atoms. The van der Waals surface area contributed by atoms with E-state index >= 15 is 0 Å². The number of nitrogens with one attached hydrogen (secondary N) is 2. The predicted molar refractivity (Wildman–Crippen MR) is 98.1 cm³/mol. The molecule has 134 valence electrons. The van der Waals surface area contributed by atoms with Gasteiger partial charge in [0.15, 0.2) is 5.78 Å². The lowest BCUT2D eigenvalue weighted by atomic mass is 9.64. The van der Waals surface area contributed by atoms with Crippen LogP contribution >= 0.6 is 15.9 Å². The number of carbonyl (C=O) groups excluding carboxylic acids is 3. The lowest BCUT2D eigenvalue weighted by Crippen LogP contribution is -2.55. The summed E-state index contributed by atoms with van der Waals surface area (Å²) in [7, 11) is 0. The highest BCUT2D eigenvalue weighted by molar-refractivity contribution is 9.10. The molecule has 2 N–H and O–H groups in total. The van der Waals surface area contributed by atoms with Crippen LogP contribution in [-0.2, 0) is 9.59 Å². The van der Waals surface area contributed by atoms with Crippen LogP contribution < -0.4 is 10.9 Å². The van der Waals surface area contributed by atoms with Gasteiger partial charge in [-0.25, -0.2) is 0 Å². The smallest absolute Gasteiger partial charge is 0.269 e. The minimum absolute atomic E-state index is 0.0729. The largest absolute Gasteiger partial charge is 0.298 e. The maximum atomic E-state index is 13.0. The number of hydrogen-bond acceptors (Lipinski definition) is 3. The molecule has 2 bridgehead atoms. The van der Waals surface area contributed by atoms with Gasteiger partial charge in [-0.1, -0.05) is 54.4 Å². The van der Waals surface area contributed by atoms with Gasteiger partial charge >= 0.3 is 0 Å². The molecule has 2 aliphatic carbocycles. The Morgan fingerprint density at radius 1 is 1.08 bits per heavy atom. The molecular formula is C19H23BrN2O3. The Kier molecular flexibility index (Phi) is 4.10. The molecule has 2 amide bonds. The van der Waals surface area contributed by atoms with E-state index < -0.39 is 21.1 Å². The Balaban J connectivity index is 1.78. The zero-order valence-electron chi connectivity index (χ0n) is 14.9. The van der Waals surface area contributed by atoms with E-state index in [9.17, 15) is 14.4 Å². The number of Topliss-reactive ketones (excluding diaryl/α,β-unsaturated/α-hetero) is 1. The number of hydrogen-bond donors (Lipinski definition) is 2. The Morgan fingerprint density at radius 2 is 1.68 bits per heavy atom. The second-order valence-electron chi connectivity index (χ2n) is 7.93. The molecule has 3 atom stereocenters. The number of carbonyl (C=O) groups is 3. The Morgan fingerprint density at radius 3 is 2.20 bits per heavy atom. The van der Waals surface area contributed by atoms with Crippen molar-refractivity contribution in [2.45, 2.75) is 45.4 Å². The number of halogens is 1. The highest BCUT2D eigenvalue weighted by Crippen LogP contribution is 2.72. The molecule has 0 aliphatic heterocycles. The number of ketones is 1. The summed E-state index contributed by atoms with van der Waals surface area (Å²) in [6.07, 6.45) is 1.30. The molecule has 0 saturated heterocycles. The van der Waals surface area contributed by atoms with Gasteiger partial charge < -0.3 is 0 Å². The molecule has 0 heterocycles. The summed E-state index contributed by atoms with van der Waals surface area (Å²) in [4.78, 5) is 37.4. The van der Waals surface area contributed by atoms with Gasteiger partial charge in [0, 0.05) is 11.0 Å². The molecule has 3 rings (SSSR count). The van der Waals surface area contributed by atoms with Crippen LogP contribution in [0.1, 0.15) is 49.5 Å². The van der Waals surface area contributed by atoms with Crippen LogP contribution in [0.25, 0.3) is 0 Å². The first-order valence-corrected chi connectivity index (χ1v) is 9.35. The second-order valence-corrected chi connectivity index (χ2v) is 8.85. The minimum atomic E-state index is -0.862. The van der Waals surface area contributed by atoms with E-state index in [2.05, 4.69) is 26.8 Å². The maximum Gasteiger partial charge on any atom is 0.269 e. The van der Waals surface area contributed by atoms with Crippen molar-refractivity contribution in [3.63, 3.8) is 0 Å². The maximum absolute atomic E-state index is 13.0. The minimum Gasteiger partial charge on any atom is -0.298 e. The third-order valence-corrected chi connectivity index (χ3v) is 7.93. The van der Waals surface area contributed by atoms with Crippen molar-refractivity contribution in [2.75, 3.05) is 0 Å². The van der Waals surface area contributed by atoms with E-state index in [1.807, 2.05) is 39.8 Å². The van der Waals surface area contributed by atoms with Crippen LogP contribution in [0.5, 0.6) is 0 Å². The fraction of sp³-hybridized carbons (Fsp3) is 0.526. The summed E-state index contributed by atoms with van der Waals surface area (Å²) in [5.74, 6) is -0.614. The number of aryl methyl sites for hydroxylation is 1. The number of hydrazine groups is 1. The number of alkyl halides is 1. The van der Waals surface area contributed by atoms with Crippen molar-refractivity contribution >= 4 is 33.5 Å². The average Bonchev–Trinajstić information content (AvgIpc) is 2.85. The zero-order chi connectivity index (χ0) is 18.6. The van der Waals surface area contributed by atoms with Crippen LogP contribution in [0.15, 0.2) is 24.3 Å². The van der Waals surface area contributed by atoms with Crippen LogP contribution in [-0.4, -0.2) is 22.4 Å². The molecule has 1 aromatic rings. The molecule has 3 unspecified atom stereocenters. The van der Waals surface area contributed by atoms with Gasteiger partial charge in [-0.15, -0.1) is 0 Å². The van der Waals surface area contributed by atoms with Gasteiger partial charge in [0.25, 0.3) is 5.91 Å². The number of amides is 2. The third-order valence-electron chi connectivity index (χ3n) is 6.73. The van der Waals surface area contributed by atoms with Gasteiger partial charge in [0.1, 0.15) is 0 Å². The highest BCUT2D eigenvalue weighted by Gasteiger charge is 2.76. The first-order valence-electron chi connectivity index (χ1n) is 8.44. The standard InChI is InChI=1S/C19H23BrN2O3/c1-11-5-7-12(8-6-11)15(24)21-22-16(25)19-10-9-18(4,17(19,2)3)14(23)13(19)20/h5-8,13H,9-10H2,1-4H3,(H,21,24)(H,22,25). The molecule has 2 aliphatic rings. The number of rotatable bonds is 2. The summed E-state index contributed by atoms with van der Waals surface area (Å²) in [5.41, 5.74) is 4.68. The monoisotopic (exact) mass is 406 g/mol. The van der Waals surface area contributed by atoms with Gasteiger partial charge in [0.05, 0.1) is 10.2 Å². The van der Waals surface area contributed by atoms with Crippen LogP contribution in [0.3, 0.4) is 0 Å². The number of benzene rings is 1. The molecule has 0 aromatic heterocycles. The van der Waals surface area contributed by atoms with E-state index in [0.717, 1.165) is 5.56 Å². The van der Waals surface area contributed by atoms with Crippen molar-refractivity contribution in [3.8, 4) is 0 Å². The number of fused-ring (bicyclic) bond motifs is 2. The SMILES string of the molecule is Cc1ccc(C(=O)NNC(=O)C23CCC(C)(C(=O)C2Br)C3(C)C)cc1. The van der Waals surface area contributed by atoms with Gasteiger partial charge in [0.2, 0.25) is 5.91 Å². The summed E-state index contributed by atoms with van der Waals surface area (Å²) in [6, 6.07) is 7.09. The molecule has 6 heteroatoms. The van der Waals surface area contributed by atoms with Crippen molar-refractivity contribution in [3.05, 3.63) is 35.4 Å². The molecule has 0 radical (unpaired) electrons. The summed E-state index contributed by atoms with van der Waals surface area (Å²) in [5, 5.41) is 0. The van der Waals surface area contributed by atoms with E-state index in [1.54, 1.807) is 12.1 Å². The van der Waals surface area contributed by atoms with E-state index in [0.29, 0.717) is 18.4 Å². The fourth-order valence-electron chi connectivity index (χ4n) is 4.46. The lowest BCUT2D eigenvalue weighted by Gasteiger charge is -2.39. The molecule has 5 nitrogen and oxygen atoms in total. The van der Waals surface area contributed by atoms with Crippen molar-refractivity contribution in [1.82, 2.24) is 10.9 Å². The zero-order valence-corrected chi connectivity index (χ0v) is 16.5. The summed E-state index contributed by atoms with van der Waals surface area (Å²) >= 11 is 3.47. The van der Waals surface area contributed by atoms with Crippen LogP contribution in [0.2, 0.25) is 0 Å². The molecule has 1 aromatic carbocycles. The highest BCUT2D eigenvalue weighted by atomic mass is 79.9. The first-order chi connectivity index (χ1) is 11.6. The van der Waals surface area contributed by atoms with Crippen LogP contribution in [0, 0.1) is 23.2 Å². The Hall–Kier alpha value is -1.69. The quantitative estimate of drug-likeness (QED) is 0.585. The molecule has 2 fully saturated rings. The van der Waals surface area contributed by atoms with Gasteiger partial charge in [-0.3, -0.25) is 25.2 Å². The molecular weight excluding hydrogens is 384 g/mol. The Labute approximate surface area is 156 Å². The summed E-state index contributed by atoms with van der Waals surface area (Å²) < 4.78 is 0. The Bertz CT molecular complexity index is 758. The van der Waals surface area contributed by atoms with E-state index in [4.69, 9.17) is 0 Å². The average molecular weight is 407 g/mol. The van der Waals surface area contributed by atoms with Crippen molar-refractivity contribution in [2.24, 2.45) is 16.2 Å². The van der Waals surface area contributed by atoms with Gasteiger partial charge in [-0.05, 0) is 37.3 Å². The van der Waals surface area contributed by atoms with Crippen molar-refractivity contribution < 1.29 is 14.4 Å². The fourth-order valence-corrected chi connectivity index (χ4v) is 5.97.